The van der Waals surface area contributed by atoms with E-state index in [0.29, 0.717) is 10.2 Å². The Morgan fingerprint density at radius 2 is 2.09 bits per heavy atom. The standard InChI is InChI=1S/C14H13BrFN3O3/c1-7(22-11-6-12(15)18-19-13(11)17)10-5-8(16)3-4-9(10)14(20)21-2/h3-7H,1-2H3,(H2,17,19)/t7-/m1/s1. The van der Waals surface area contributed by atoms with Crippen LogP contribution < -0.4 is 10.5 Å². The van der Waals surface area contributed by atoms with Gasteiger partial charge in [0.05, 0.1) is 12.7 Å². The van der Waals surface area contributed by atoms with E-state index in [0.717, 1.165) is 0 Å². The number of ether oxygens (including phenoxy) is 2. The van der Waals surface area contributed by atoms with E-state index < -0.39 is 17.9 Å². The summed E-state index contributed by atoms with van der Waals surface area (Å²) in [6.07, 6.45) is -0.650. The monoisotopic (exact) mass is 369 g/mol. The summed E-state index contributed by atoms with van der Waals surface area (Å²) in [4.78, 5) is 11.8. The Balaban J connectivity index is 2.36. The van der Waals surface area contributed by atoms with Crippen molar-refractivity contribution in [3.8, 4) is 5.75 Å². The zero-order chi connectivity index (χ0) is 16.3. The number of benzene rings is 1. The molecular formula is C14H13BrFN3O3. The van der Waals surface area contributed by atoms with E-state index in [1.807, 2.05) is 0 Å². The molecule has 2 N–H and O–H groups in total. The minimum atomic E-state index is -0.650. The lowest BCUT2D eigenvalue weighted by atomic mass is 10.0. The Morgan fingerprint density at radius 3 is 2.77 bits per heavy atom. The number of nitrogen functional groups attached to an aromatic ring is 1. The van der Waals surface area contributed by atoms with Crippen molar-refractivity contribution in [1.82, 2.24) is 10.2 Å². The quantitative estimate of drug-likeness (QED) is 0.833. The van der Waals surface area contributed by atoms with Crippen LogP contribution in [0.3, 0.4) is 0 Å². The fraction of sp³-hybridized carbons (Fsp3) is 0.214. The van der Waals surface area contributed by atoms with Gasteiger partial charge in [0.25, 0.3) is 0 Å². The van der Waals surface area contributed by atoms with E-state index >= 15 is 0 Å². The molecule has 0 aliphatic carbocycles. The van der Waals surface area contributed by atoms with E-state index in [-0.39, 0.29) is 17.1 Å². The zero-order valence-corrected chi connectivity index (χ0v) is 13.4. The minimum Gasteiger partial charge on any atom is -0.482 e. The predicted molar refractivity (Wildman–Crippen MR) is 80.9 cm³/mol. The van der Waals surface area contributed by atoms with Crippen molar-refractivity contribution in [2.45, 2.75) is 13.0 Å². The fourth-order valence-electron chi connectivity index (χ4n) is 1.88. The molecule has 0 bridgehead atoms. The molecule has 2 rings (SSSR count). The first kappa shape index (κ1) is 16.2. The predicted octanol–water partition coefficient (Wildman–Crippen LogP) is 2.89. The molecule has 1 heterocycles. The van der Waals surface area contributed by atoms with E-state index in [4.69, 9.17) is 10.5 Å². The molecule has 116 valence electrons. The average Bonchev–Trinajstić information content (AvgIpc) is 2.50. The number of hydrogen-bond acceptors (Lipinski definition) is 6. The number of rotatable bonds is 4. The van der Waals surface area contributed by atoms with Gasteiger partial charge in [0.2, 0.25) is 0 Å². The van der Waals surface area contributed by atoms with Gasteiger partial charge in [-0.25, -0.2) is 9.18 Å². The van der Waals surface area contributed by atoms with Crippen LogP contribution in [0.2, 0.25) is 0 Å². The van der Waals surface area contributed by atoms with Crippen molar-refractivity contribution in [3.63, 3.8) is 0 Å². The number of halogens is 2. The first-order chi connectivity index (χ1) is 10.4. The van der Waals surface area contributed by atoms with Gasteiger partial charge in [-0.2, -0.15) is 0 Å². The van der Waals surface area contributed by atoms with Crippen LogP contribution in [0.4, 0.5) is 10.2 Å². The number of esters is 1. The smallest absolute Gasteiger partial charge is 0.338 e. The van der Waals surface area contributed by atoms with Gasteiger partial charge in [-0.05, 0) is 41.1 Å². The van der Waals surface area contributed by atoms with Gasteiger partial charge < -0.3 is 15.2 Å². The maximum Gasteiger partial charge on any atom is 0.338 e. The lowest BCUT2D eigenvalue weighted by Gasteiger charge is -2.18. The Kier molecular flexibility index (Phi) is 4.92. The van der Waals surface area contributed by atoms with Crippen LogP contribution in [0.5, 0.6) is 5.75 Å². The molecule has 0 saturated heterocycles. The molecule has 2 aromatic rings. The molecule has 0 aliphatic heterocycles. The van der Waals surface area contributed by atoms with Gasteiger partial charge in [0, 0.05) is 11.6 Å². The molecular weight excluding hydrogens is 357 g/mol. The van der Waals surface area contributed by atoms with Crippen LogP contribution in [0.25, 0.3) is 0 Å². The van der Waals surface area contributed by atoms with Gasteiger partial charge in [-0.3, -0.25) is 0 Å². The zero-order valence-electron chi connectivity index (χ0n) is 11.8. The number of nitrogens with two attached hydrogens (primary N) is 1. The minimum absolute atomic E-state index is 0.0890. The first-order valence-electron chi connectivity index (χ1n) is 6.25. The summed E-state index contributed by atoms with van der Waals surface area (Å²) < 4.78 is 24.3. The third-order valence-electron chi connectivity index (χ3n) is 2.92. The van der Waals surface area contributed by atoms with Crippen LogP contribution in [0.15, 0.2) is 28.9 Å². The van der Waals surface area contributed by atoms with Crippen LogP contribution in [-0.4, -0.2) is 23.3 Å². The highest BCUT2D eigenvalue weighted by Gasteiger charge is 2.20. The molecule has 0 amide bonds. The van der Waals surface area contributed by atoms with E-state index in [2.05, 4.69) is 30.9 Å². The van der Waals surface area contributed by atoms with E-state index in [1.165, 1.54) is 31.4 Å². The summed E-state index contributed by atoms with van der Waals surface area (Å²) >= 11 is 3.16. The summed E-state index contributed by atoms with van der Waals surface area (Å²) in [6.45, 7) is 1.66. The van der Waals surface area contributed by atoms with Gasteiger partial charge in [-0.15, -0.1) is 10.2 Å². The molecule has 0 radical (unpaired) electrons. The maximum atomic E-state index is 13.5. The van der Waals surface area contributed by atoms with Crippen LogP contribution in [-0.2, 0) is 4.74 Å². The van der Waals surface area contributed by atoms with E-state index in [9.17, 15) is 9.18 Å². The van der Waals surface area contributed by atoms with Crippen molar-refractivity contribution < 1.29 is 18.7 Å². The second-order valence-electron chi connectivity index (χ2n) is 4.40. The second kappa shape index (κ2) is 6.69. The van der Waals surface area contributed by atoms with Crippen LogP contribution in [0.1, 0.15) is 28.9 Å². The number of methoxy groups -OCH3 is 1. The third kappa shape index (κ3) is 3.51. The summed E-state index contributed by atoms with van der Waals surface area (Å²) in [7, 11) is 1.25. The third-order valence-corrected chi connectivity index (χ3v) is 3.30. The molecule has 1 atom stereocenters. The van der Waals surface area contributed by atoms with Crippen LogP contribution >= 0.6 is 15.9 Å². The van der Waals surface area contributed by atoms with Gasteiger partial charge >= 0.3 is 5.97 Å². The second-order valence-corrected chi connectivity index (χ2v) is 5.21. The molecule has 0 unspecified atom stereocenters. The molecule has 1 aromatic heterocycles. The van der Waals surface area contributed by atoms with Crippen molar-refractivity contribution >= 4 is 27.7 Å². The molecule has 0 aliphatic rings. The van der Waals surface area contributed by atoms with Crippen molar-refractivity contribution in [2.75, 3.05) is 12.8 Å². The molecule has 0 fully saturated rings. The molecule has 1 aromatic carbocycles. The molecule has 0 saturated carbocycles. The number of hydrogen-bond donors (Lipinski definition) is 1. The van der Waals surface area contributed by atoms with Crippen molar-refractivity contribution in [3.05, 3.63) is 45.8 Å². The molecule has 6 nitrogen and oxygen atoms in total. The average molecular weight is 370 g/mol. The maximum absolute atomic E-state index is 13.5. The lowest BCUT2D eigenvalue weighted by Crippen LogP contribution is -2.13. The SMILES string of the molecule is COC(=O)c1ccc(F)cc1[C@@H](C)Oc1cc(Br)nnc1N. The number of carbonyl (C=O) groups is 1. The van der Waals surface area contributed by atoms with E-state index in [1.54, 1.807) is 6.92 Å². The lowest BCUT2D eigenvalue weighted by molar-refractivity contribution is 0.0595. The summed E-state index contributed by atoms with van der Waals surface area (Å²) in [5.74, 6) is -0.701. The first-order valence-corrected chi connectivity index (χ1v) is 7.04. The number of nitrogens with zero attached hydrogens (tertiary/aromatic N) is 2. The molecule has 22 heavy (non-hydrogen) atoms. The fourth-order valence-corrected chi connectivity index (χ4v) is 2.16. The van der Waals surface area contributed by atoms with Crippen molar-refractivity contribution in [2.24, 2.45) is 0 Å². The highest BCUT2D eigenvalue weighted by atomic mass is 79.9. The van der Waals surface area contributed by atoms with Crippen molar-refractivity contribution in [1.29, 1.82) is 0 Å². The Morgan fingerprint density at radius 1 is 1.36 bits per heavy atom. The normalized spacial score (nSPS) is 11.8. The Labute approximate surface area is 134 Å². The summed E-state index contributed by atoms with van der Waals surface area (Å²) in [6, 6.07) is 5.29. The number of carbonyl (C=O) groups excluding carboxylic acids is 1. The van der Waals surface area contributed by atoms with Crippen LogP contribution in [0, 0.1) is 5.82 Å². The Bertz CT molecular complexity index is 712. The highest BCUT2D eigenvalue weighted by molar-refractivity contribution is 9.10. The van der Waals surface area contributed by atoms with Gasteiger partial charge in [-0.1, -0.05) is 0 Å². The van der Waals surface area contributed by atoms with Gasteiger partial charge in [0.15, 0.2) is 11.6 Å². The molecule has 0 spiro atoms. The Hall–Kier alpha value is -2.22. The number of aromatic nitrogens is 2. The largest absolute Gasteiger partial charge is 0.482 e. The molecule has 8 heteroatoms. The summed E-state index contributed by atoms with van der Waals surface area (Å²) in [5, 5.41) is 7.43. The topological polar surface area (TPSA) is 87.3 Å². The highest BCUT2D eigenvalue weighted by Crippen LogP contribution is 2.29. The number of anilines is 1. The van der Waals surface area contributed by atoms with Gasteiger partial charge in [0.1, 0.15) is 16.5 Å². The summed E-state index contributed by atoms with van der Waals surface area (Å²) in [5.41, 5.74) is 6.25.